The fourth-order valence-corrected chi connectivity index (χ4v) is 2.80. The van der Waals surface area contributed by atoms with Crippen LogP contribution in [0.3, 0.4) is 0 Å². The van der Waals surface area contributed by atoms with Gasteiger partial charge in [0, 0.05) is 12.6 Å². The lowest BCUT2D eigenvalue weighted by Crippen LogP contribution is -2.16. The number of aromatic nitrogens is 4. The smallest absolute Gasteiger partial charge is 0.209 e. The van der Waals surface area contributed by atoms with E-state index in [2.05, 4.69) is 28.5 Å². The Bertz CT molecular complexity index is 651. The summed E-state index contributed by atoms with van der Waals surface area (Å²) in [5.41, 5.74) is 4.14. The highest BCUT2D eigenvalue weighted by Gasteiger charge is 2.21. The van der Waals surface area contributed by atoms with Crippen LogP contribution in [-0.4, -0.2) is 31.2 Å². The minimum absolute atomic E-state index is 0.110. The molecule has 0 amide bonds. The van der Waals surface area contributed by atoms with E-state index >= 15 is 0 Å². The molecule has 0 bridgehead atoms. The lowest BCUT2D eigenvalue weighted by molar-refractivity contribution is 0.0993. The second kappa shape index (κ2) is 5.75. The molecule has 1 aromatic heterocycles. The van der Waals surface area contributed by atoms with E-state index in [4.69, 9.17) is 0 Å². The van der Waals surface area contributed by atoms with E-state index in [0.29, 0.717) is 5.16 Å². The molecule has 0 aliphatic heterocycles. The fourth-order valence-electron chi connectivity index (χ4n) is 1.98. The first-order valence-electron chi connectivity index (χ1n) is 6.41. The zero-order valence-corrected chi connectivity index (χ0v) is 13.2. The monoisotopic (exact) mass is 290 g/mol. The maximum Gasteiger partial charge on any atom is 0.209 e. The van der Waals surface area contributed by atoms with Crippen molar-refractivity contribution in [1.82, 2.24) is 20.2 Å². The zero-order chi connectivity index (χ0) is 14.9. The standard InChI is InChI=1S/C14H18N4OS/c1-8-6-10(3)12(7-9(8)2)13(19)11(4)20-14-15-16-17-18(14)5/h6-7,11H,1-5H3/t11-/m1/s1. The number of carbonyl (C=O) groups excluding carboxylic acids is 1. The van der Waals surface area contributed by atoms with Gasteiger partial charge in [0.1, 0.15) is 0 Å². The van der Waals surface area contributed by atoms with Crippen molar-refractivity contribution in [1.29, 1.82) is 0 Å². The molecule has 1 atom stereocenters. The van der Waals surface area contributed by atoms with Gasteiger partial charge in [-0.3, -0.25) is 4.79 Å². The lowest BCUT2D eigenvalue weighted by atomic mass is 9.97. The van der Waals surface area contributed by atoms with E-state index in [-0.39, 0.29) is 11.0 Å². The number of ketones is 1. The molecule has 0 aliphatic carbocycles. The number of aryl methyl sites for hydroxylation is 4. The summed E-state index contributed by atoms with van der Waals surface area (Å²) in [6.45, 7) is 7.94. The summed E-state index contributed by atoms with van der Waals surface area (Å²) >= 11 is 1.38. The summed E-state index contributed by atoms with van der Waals surface area (Å²) in [6.07, 6.45) is 0. The van der Waals surface area contributed by atoms with Crippen LogP contribution in [0.5, 0.6) is 0 Å². The summed E-state index contributed by atoms with van der Waals surface area (Å²) in [5.74, 6) is 0.110. The quantitative estimate of drug-likeness (QED) is 0.639. The summed E-state index contributed by atoms with van der Waals surface area (Å²) in [7, 11) is 1.76. The number of hydrogen-bond acceptors (Lipinski definition) is 5. The minimum Gasteiger partial charge on any atom is -0.293 e. The molecule has 0 saturated carbocycles. The fraction of sp³-hybridized carbons (Fsp3) is 0.429. The molecule has 5 nitrogen and oxygen atoms in total. The molecule has 0 saturated heterocycles. The molecule has 0 radical (unpaired) electrons. The van der Waals surface area contributed by atoms with Crippen LogP contribution < -0.4 is 0 Å². The molecule has 1 aromatic carbocycles. The van der Waals surface area contributed by atoms with Crippen LogP contribution in [0.25, 0.3) is 0 Å². The van der Waals surface area contributed by atoms with Crippen LogP contribution in [0, 0.1) is 20.8 Å². The van der Waals surface area contributed by atoms with Gasteiger partial charge < -0.3 is 0 Å². The van der Waals surface area contributed by atoms with E-state index < -0.39 is 0 Å². The van der Waals surface area contributed by atoms with Gasteiger partial charge >= 0.3 is 0 Å². The largest absolute Gasteiger partial charge is 0.293 e. The van der Waals surface area contributed by atoms with Gasteiger partial charge in [-0.1, -0.05) is 17.8 Å². The van der Waals surface area contributed by atoms with Crippen LogP contribution in [0.1, 0.15) is 34.0 Å². The maximum absolute atomic E-state index is 12.6. The van der Waals surface area contributed by atoms with Crippen LogP contribution in [0.4, 0.5) is 0 Å². The Kier molecular flexibility index (Phi) is 4.23. The molecule has 0 unspecified atom stereocenters. The molecule has 0 spiro atoms. The summed E-state index contributed by atoms with van der Waals surface area (Å²) < 4.78 is 1.57. The van der Waals surface area contributed by atoms with Gasteiger partial charge in [0.2, 0.25) is 5.16 Å². The Morgan fingerprint density at radius 3 is 2.45 bits per heavy atom. The van der Waals surface area contributed by atoms with Gasteiger partial charge in [-0.05, 0) is 60.9 Å². The molecule has 0 aliphatic rings. The van der Waals surface area contributed by atoms with Crippen molar-refractivity contribution in [3.63, 3.8) is 0 Å². The van der Waals surface area contributed by atoms with Gasteiger partial charge in [0.05, 0.1) is 5.25 Å². The van der Waals surface area contributed by atoms with Crippen LogP contribution >= 0.6 is 11.8 Å². The number of carbonyl (C=O) groups is 1. The van der Waals surface area contributed by atoms with Gasteiger partial charge in [0.25, 0.3) is 0 Å². The Balaban J connectivity index is 2.23. The van der Waals surface area contributed by atoms with Crippen molar-refractivity contribution in [2.45, 2.75) is 38.1 Å². The predicted molar refractivity (Wildman–Crippen MR) is 79.1 cm³/mol. The second-order valence-corrected chi connectivity index (χ2v) is 6.27. The molecular formula is C14H18N4OS. The third kappa shape index (κ3) is 2.90. The molecule has 106 valence electrons. The minimum atomic E-state index is -0.222. The Morgan fingerprint density at radius 1 is 1.20 bits per heavy atom. The van der Waals surface area contributed by atoms with Crippen LogP contribution in [0.15, 0.2) is 17.3 Å². The van der Waals surface area contributed by atoms with E-state index in [1.54, 1.807) is 11.7 Å². The number of hydrogen-bond donors (Lipinski definition) is 0. The summed E-state index contributed by atoms with van der Waals surface area (Å²) in [5, 5.41) is 11.7. The maximum atomic E-state index is 12.6. The first-order valence-corrected chi connectivity index (χ1v) is 7.29. The second-order valence-electron chi connectivity index (χ2n) is 4.96. The number of benzene rings is 1. The molecular weight excluding hydrogens is 272 g/mol. The van der Waals surface area contributed by atoms with Gasteiger partial charge in [0.15, 0.2) is 5.78 Å². The highest BCUT2D eigenvalue weighted by Crippen LogP contribution is 2.25. The molecule has 2 aromatic rings. The molecule has 6 heteroatoms. The van der Waals surface area contributed by atoms with Crippen LogP contribution in [-0.2, 0) is 7.05 Å². The molecule has 0 N–H and O–H groups in total. The van der Waals surface area contributed by atoms with Crippen molar-refractivity contribution in [2.24, 2.45) is 7.05 Å². The average Bonchev–Trinajstić information content (AvgIpc) is 2.78. The Labute approximate surface area is 122 Å². The number of Topliss-reactive ketones (excluding diaryl/α,β-unsaturated/α-hetero) is 1. The zero-order valence-electron chi connectivity index (χ0n) is 12.3. The molecule has 20 heavy (non-hydrogen) atoms. The van der Waals surface area contributed by atoms with Crippen molar-refractivity contribution >= 4 is 17.5 Å². The Morgan fingerprint density at radius 2 is 1.85 bits per heavy atom. The lowest BCUT2D eigenvalue weighted by Gasteiger charge is -2.13. The first kappa shape index (κ1) is 14.7. The van der Waals surface area contributed by atoms with Crippen LogP contribution in [0.2, 0.25) is 0 Å². The Hall–Kier alpha value is -1.69. The highest BCUT2D eigenvalue weighted by molar-refractivity contribution is 8.00. The molecule has 2 rings (SSSR count). The van der Waals surface area contributed by atoms with Gasteiger partial charge in [-0.25, -0.2) is 4.68 Å². The van der Waals surface area contributed by atoms with Crippen molar-refractivity contribution in [3.05, 3.63) is 34.4 Å². The molecule has 0 fully saturated rings. The van der Waals surface area contributed by atoms with E-state index in [9.17, 15) is 4.79 Å². The normalized spacial score (nSPS) is 12.4. The van der Waals surface area contributed by atoms with Gasteiger partial charge in [-0.2, -0.15) is 0 Å². The molecule has 1 heterocycles. The number of rotatable bonds is 4. The van der Waals surface area contributed by atoms with Crippen molar-refractivity contribution in [3.8, 4) is 0 Å². The van der Waals surface area contributed by atoms with Crippen molar-refractivity contribution < 1.29 is 4.79 Å². The first-order chi connectivity index (χ1) is 9.40. The third-order valence-electron chi connectivity index (χ3n) is 3.34. The average molecular weight is 290 g/mol. The predicted octanol–water partition coefficient (Wildman–Crippen LogP) is 2.50. The third-order valence-corrected chi connectivity index (χ3v) is 4.46. The van der Waals surface area contributed by atoms with Gasteiger partial charge in [-0.15, -0.1) is 5.10 Å². The topological polar surface area (TPSA) is 60.7 Å². The number of tetrazole rings is 1. The SMILES string of the molecule is Cc1cc(C)c(C(=O)[C@@H](C)Sc2nnnn2C)cc1C. The van der Waals surface area contributed by atoms with E-state index in [1.807, 2.05) is 26.8 Å². The van der Waals surface area contributed by atoms with Crippen molar-refractivity contribution in [2.75, 3.05) is 0 Å². The van der Waals surface area contributed by atoms with E-state index in [1.165, 1.54) is 17.3 Å². The highest BCUT2D eigenvalue weighted by atomic mass is 32.2. The summed E-state index contributed by atoms with van der Waals surface area (Å²) in [6, 6.07) is 4.03. The van der Waals surface area contributed by atoms with E-state index in [0.717, 1.165) is 16.7 Å². The number of thioether (sulfide) groups is 1. The number of nitrogens with zero attached hydrogens (tertiary/aromatic N) is 4. The summed E-state index contributed by atoms with van der Waals surface area (Å²) in [4.78, 5) is 12.6.